The maximum Gasteiger partial charge on any atom is 0.241 e. The molecule has 88 valence electrons. The van der Waals surface area contributed by atoms with E-state index >= 15 is 0 Å². The molecule has 0 unspecified atom stereocenters. The highest BCUT2D eigenvalue weighted by molar-refractivity contribution is 5.94. The van der Waals surface area contributed by atoms with Gasteiger partial charge in [0.2, 0.25) is 5.91 Å². The lowest BCUT2D eigenvalue weighted by Gasteiger charge is -2.20. The molecule has 1 aromatic heterocycles. The van der Waals surface area contributed by atoms with Gasteiger partial charge in [0, 0.05) is 5.69 Å². The molecule has 0 fully saturated rings. The summed E-state index contributed by atoms with van der Waals surface area (Å²) in [6, 6.07) is 13.0. The van der Waals surface area contributed by atoms with E-state index in [0.717, 1.165) is 11.4 Å². The van der Waals surface area contributed by atoms with Gasteiger partial charge in [-0.3, -0.25) is 4.79 Å². The van der Waals surface area contributed by atoms with Crippen LogP contribution < -0.4 is 10.6 Å². The van der Waals surface area contributed by atoms with Crippen molar-refractivity contribution in [3.05, 3.63) is 54.5 Å². The van der Waals surface area contributed by atoms with Crippen LogP contribution in [0.5, 0.6) is 0 Å². The number of nitrogens with two attached hydrogens (primary N) is 1. The first-order valence-corrected chi connectivity index (χ1v) is 5.39. The Morgan fingerprint density at radius 3 is 2.53 bits per heavy atom. The zero-order valence-corrected chi connectivity index (χ0v) is 9.37. The highest BCUT2D eigenvalue weighted by Crippen LogP contribution is 2.16. The van der Waals surface area contributed by atoms with Gasteiger partial charge in [-0.15, -0.1) is 0 Å². The van der Waals surface area contributed by atoms with Gasteiger partial charge in [0.05, 0.1) is 19.4 Å². The van der Waals surface area contributed by atoms with Crippen molar-refractivity contribution in [3.63, 3.8) is 0 Å². The summed E-state index contributed by atoms with van der Waals surface area (Å²) in [5.41, 5.74) is 6.24. The molecular formula is C13H14N2O2. The van der Waals surface area contributed by atoms with Crippen LogP contribution in [0, 0.1) is 0 Å². The van der Waals surface area contributed by atoms with E-state index in [1.165, 1.54) is 0 Å². The standard InChI is InChI=1S/C13H14N2O2/c14-9-13(16)15(10-12-7-4-8-17-12)11-5-2-1-3-6-11/h1-8H,9-10,14H2. The summed E-state index contributed by atoms with van der Waals surface area (Å²) in [4.78, 5) is 13.4. The third-order valence-electron chi connectivity index (χ3n) is 2.44. The number of hydrogen-bond acceptors (Lipinski definition) is 3. The lowest BCUT2D eigenvalue weighted by atomic mass is 10.2. The van der Waals surface area contributed by atoms with E-state index in [0.29, 0.717) is 6.54 Å². The van der Waals surface area contributed by atoms with Crippen molar-refractivity contribution >= 4 is 11.6 Å². The van der Waals surface area contributed by atoms with Crippen molar-refractivity contribution in [2.75, 3.05) is 11.4 Å². The summed E-state index contributed by atoms with van der Waals surface area (Å²) in [5.74, 6) is 0.600. The zero-order valence-electron chi connectivity index (χ0n) is 9.37. The van der Waals surface area contributed by atoms with Crippen LogP contribution in [0.3, 0.4) is 0 Å². The summed E-state index contributed by atoms with van der Waals surface area (Å²) in [5, 5.41) is 0. The molecule has 2 rings (SSSR count). The van der Waals surface area contributed by atoms with Crippen molar-refractivity contribution in [3.8, 4) is 0 Å². The maximum absolute atomic E-state index is 11.8. The second kappa shape index (κ2) is 5.32. The predicted molar refractivity (Wildman–Crippen MR) is 65.4 cm³/mol. The van der Waals surface area contributed by atoms with E-state index in [1.807, 2.05) is 36.4 Å². The van der Waals surface area contributed by atoms with E-state index in [9.17, 15) is 4.79 Å². The molecule has 4 heteroatoms. The smallest absolute Gasteiger partial charge is 0.241 e. The minimum absolute atomic E-state index is 0.0183. The summed E-state index contributed by atoms with van der Waals surface area (Å²) >= 11 is 0. The topological polar surface area (TPSA) is 59.5 Å². The number of furan rings is 1. The second-order valence-electron chi connectivity index (χ2n) is 3.60. The Morgan fingerprint density at radius 1 is 1.18 bits per heavy atom. The number of hydrogen-bond donors (Lipinski definition) is 1. The Kier molecular flexibility index (Phi) is 3.57. The largest absolute Gasteiger partial charge is 0.467 e. The molecule has 17 heavy (non-hydrogen) atoms. The quantitative estimate of drug-likeness (QED) is 0.870. The minimum atomic E-state index is -0.132. The summed E-state index contributed by atoms with van der Waals surface area (Å²) in [6.07, 6.45) is 1.59. The summed E-state index contributed by atoms with van der Waals surface area (Å²) < 4.78 is 5.25. The Bertz CT molecular complexity index is 465. The number of para-hydroxylation sites is 1. The highest BCUT2D eigenvalue weighted by atomic mass is 16.3. The van der Waals surface area contributed by atoms with Crippen LogP contribution in [0.15, 0.2) is 53.1 Å². The number of anilines is 1. The van der Waals surface area contributed by atoms with Gasteiger partial charge in [-0.05, 0) is 24.3 Å². The Hall–Kier alpha value is -2.07. The fourth-order valence-corrected chi connectivity index (χ4v) is 1.60. The first-order valence-electron chi connectivity index (χ1n) is 5.39. The lowest BCUT2D eigenvalue weighted by Crippen LogP contribution is -2.35. The number of nitrogens with zero attached hydrogens (tertiary/aromatic N) is 1. The van der Waals surface area contributed by atoms with E-state index < -0.39 is 0 Å². The molecule has 2 aromatic rings. The van der Waals surface area contributed by atoms with Crippen LogP contribution in [0.2, 0.25) is 0 Å². The third-order valence-corrected chi connectivity index (χ3v) is 2.44. The molecule has 0 aliphatic rings. The monoisotopic (exact) mass is 230 g/mol. The molecule has 1 aromatic carbocycles. The number of carbonyl (C=O) groups excluding carboxylic acids is 1. The van der Waals surface area contributed by atoms with Gasteiger partial charge in [0.15, 0.2) is 0 Å². The van der Waals surface area contributed by atoms with Crippen molar-refractivity contribution in [1.29, 1.82) is 0 Å². The molecule has 0 spiro atoms. The summed E-state index contributed by atoms with van der Waals surface area (Å²) in [7, 11) is 0. The normalized spacial score (nSPS) is 10.2. The van der Waals surface area contributed by atoms with Gasteiger partial charge in [-0.1, -0.05) is 18.2 Å². The number of rotatable bonds is 4. The van der Waals surface area contributed by atoms with Crippen molar-refractivity contribution < 1.29 is 9.21 Å². The Morgan fingerprint density at radius 2 is 1.94 bits per heavy atom. The Balaban J connectivity index is 2.23. The van der Waals surface area contributed by atoms with Crippen LogP contribution in [0.1, 0.15) is 5.76 Å². The highest BCUT2D eigenvalue weighted by Gasteiger charge is 2.15. The van der Waals surface area contributed by atoms with E-state index in [4.69, 9.17) is 10.2 Å². The molecule has 0 atom stereocenters. The molecule has 1 heterocycles. The van der Waals surface area contributed by atoms with Gasteiger partial charge in [-0.2, -0.15) is 0 Å². The fourth-order valence-electron chi connectivity index (χ4n) is 1.60. The molecule has 0 bridgehead atoms. The second-order valence-corrected chi connectivity index (χ2v) is 3.60. The molecule has 0 aliphatic carbocycles. The number of carbonyl (C=O) groups is 1. The van der Waals surface area contributed by atoms with Gasteiger partial charge in [-0.25, -0.2) is 0 Å². The molecule has 4 nitrogen and oxygen atoms in total. The molecule has 0 radical (unpaired) electrons. The van der Waals surface area contributed by atoms with E-state index in [2.05, 4.69) is 0 Å². The Labute approximate surface area is 99.6 Å². The third kappa shape index (κ3) is 2.73. The first-order chi connectivity index (χ1) is 8.31. The van der Waals surface area contributed by atoms with Crippen LogP contribution in [0.4, 0.5) is 5.69 Å². The van der Waals surface area contributed by atoms with Gasteiger partial charge in [0.1, 0.15) is 5.76 Å². The average Bonchev–Trinajstić information content (AvgIpc) is 2.89. The molecule has 0 saturated heterocycles. The number of benzene rings is 1. The van der Waals surface area contributed by atoms with E-state index in [1.54, 1.807) is 17.2 Å². The van der Waals surface area contributed by atoms with Crippen LogP contribution in [-0.2, 0) is 11.3 Å². The van der Waals surface area contributed by atoms with Crippen LogP contribution in [-0.4, -0.2) is 12.5 Å². The molecule has 2 N–H and O–H groups in total. The SMILES string of the molecule is NCC(=O)N(Cc1ccco1)c1ccccc1. The van der Waals surface area contributed by atoms with Crippen molar-refractivity contribution in [2.24, 2.45) is 5.73 Å². The summed E-state index contributed by atoms with van der Waals surface area (Å²) in [6.45, 7) is 0.378. The molecule has 0 aliphatic heterocycles. The van der Waals surface area contributed by atoms with Crippen molar-refractivity contribution in [2.45, 2.75) is 6.54 Å². The van der Waals surface area contributed by atoms with Gasteiger partial charge in [0.25, 0.3) is 0 Å². The molecule has 1 amide bonds. The molecular weight excluding hydrogens is 216 g/mol. The molecule has 0 saturated carbocycles. The lowest BCUT2D eigenvalue weighted by molar-refractivity contribution is -0.117. The number of amides is 1. The average molecular weight is 230 g/mol. The predicted octanol–water partition coefficient (Wildman–Crippen LogP) is 1.77. The van der Waals surface area contributed by atoms with Crippen LogP contribution in [0.25, 0.3) is 0 Å². The van der Waals surface area contributed by atoms with Crippen molar-refractivity contribution in [1.82, 2.24) is 0 Å². The minimum Gasteiger partial charge on any atom is -0.467 e. The van der Waals surface area contributed by atoms with Gasteiger partial charge >= 0.3 is 0 Å². The van der Waals surface area contributed by atoms with E-state index in [-0.39, 0.29) is 12.5 Å². The first kappa shape index (κ1) is 11.4. The van der Waals surface area contributed by atoms with Crippen LogP contribution >= 0.6 is 0 Å². The van der Waals surface area contributed by atoms with Gasteiger partial charge < -0.3 is 15.1 Å². The maximum atomic E-state index is 11.8. The zero-order chi connectivity index (χ0) is 12.1. The fraction of sp³-hybridized carbons (Fsp3) is 0.154.